The van der Waals surface area contributed by atoms with Crippen molar-refractivity contribution >= 4 is 17.5 Å². The monoisotopic (exact) mass is 254 g/mol. The largest absolute Gasteiger partial charge is 0.341 e. The Labute approximate surface area is 108 Å². The van der Waals surface area contributed by atoms with E-state index >= 15 is 0 Å². The fraction of sp³-hybridized carbons (Fsp3) is 0.462. The topological polar surface area (TPSA) is 32.3 Å². The van der Waals surface area contributed by atoms with Gasteiger partial charge in [0.15, 0.2) is 0 Å². The Morgan fingerprint density at radius 2 is 2.00 bits per heavy atom. The highest BCUT2D eigenvalue weighted by Gasteiger charge is 2.16. The summed E-state index contributed by atoms with van der Waals surface area (Å²) in [6.07, 6.45) is 0. The second kappa shape index (κ2) is 6.62. The van der Waals surface area contributed by atoms with Crippen LogP contribution in [0.3, 0.4) is 0 Å². The Balaban J connectivity index is 2.56. The van der Waals surface area contributed by atoms with Gasteiger partial charge < -0.3 is 10.2 Å². The number of hydrogen-bond donors (Lipinski definition) is 1. The molecule has 0 radical (unpaired) electrons. The summed E-state index contributed by atoms with van der Waals surface area (Å²) in [5.41, 5.74) is 1.09. The summed E-state index contributed by atoms with van der Waals surface area (Å²) < 4.78 is 0. The molecule has 0 heterocycles. The average molecular weight is 255 g/mol. The van der Waals surface area contributed by atoms with Crippen molar-refractivity contribution in [3.8, 4) is 0 Å². The second-order valence-corrected chi connectivity index (χ2v) is 4.72. The summed E-state index contributed by atoms with van der Waals surface area (Å²) in [5, 5.41) is 3.72. The van der Waals surface area contributed by atoms with Crippen LogP contribution in [0.4, 0.5) is 0 Å². The summed E-state index contributed by atoms with van der Waals surface area (Å²) >= 11 is 5.81. The second-order valence-electron chi connectivity index (χ2n) is 4.28. The maximum absolute atomic E-state index is 12.0. The van der Waals surface area contributed by atoms with Crippen molar-refractivity contribution < 1.29 is 4.79 Å². The van der Waals surface area contributed by atoms with Crippen molar-refractivity contribution in [3.05, 3.63) is 34.9 Å². The lowest BCUT2D eigenvalue weighted by molar-refractivity contribution is -0.134. The van der Waals surface area contributed by atoms with Gasteiger partial charge in [0.1, 0.15) is 0 Å². The van der Waals surface area contributed by atoms with E-state index in [1.54, 1.807) is 4.90 Å². The number of rotatable bonds is 5. The van der Waals surface area contributed by atoms with Crippen molar-refractivity contribution in [1.82, 2.24) is 10.2 Å². The van der Waals surface area contributed by atoms with Gasteiger partial charge in [0.05, 0.1) is 0 Å². The summed E-state index contributed by atoms with van der Waals surface area (Å²) in [5.74, 6) is 0.145. The van der Waals surface area contributed by atoms with Gasteiger partial charge in [-0.25, -0.2) is 0 Å². The molecule has 3 nitrogen and oxygen atoms in total. The fourth-order valence-electron chi connectivity index (χ4n) is 1.71. The van der Waals surface area contributed by atoms with E-state index in [1.165, 1.54) is 0 Å². The molecular weight excluding hydrogens is 236 g/mol. The van der Waals surface area contributed by atoms with E-state index in [2.05, 4.69) is 5.32 Å². The minimum absolute atomic E-state index is 0.00250. The van der Waals surface area contributed by atoms with Crippen LogP contribution in [0.2, 0.25) is 5.02 Å². The Morgan fingerprint density at radius 3 is 2.53 bits per heavy atom. The van der Waals surface area contributed by atoms with Crippen LogP contribution in [0.1, 0.15) is 12.5 Å². The Hall–Kier alpha value is -1.06. The van der Waals surface area contributed by atoms with Crippen LogP contribution in [0, 0.1) is 5.92 Å². The van der Waals surface area contributed by atoms with Crippen molar-refractivity contribution in [2.45, 2.75) is 13.5 Å². The van der Waals surface area contributed by atoms with Gasteiger partial charge in [-0.05, 0) is 24.7 Å². The van der Waals surface area contributed by atoms with E-state index in [1.807, 2.05) is 45.3 Å². The molecule has 0 spiro atoms. The lowest BCUT2D eigenvalue weighted by Crippen LogP contribution is -2.35. The van der Waals surface area contributed by atoms with Gasteiger partial charge in [-0.3, -0.25) is 4.79 Å². The molecule has 94 valence electrons. The number of benzene rings is 1. The van der Waals surface area contributed by atoms with E-state index in [9.17, 15) is 4.79 Å². The number of amides is 1. The molecule has 0 fully saturated rings. The number of nitrogens with one attached hydrogen (secondary N) is 1. The first-order valence-electron chi connectivity index (χ1n) is 5.68. The quantitative estimate of drug-likeness (QED) is 0.873. The minimum atomic E-state index is -0.00250. The molecule has 1 unspecified atom stereocenters. The minimum Gasteiger partial charge on any atom is -0.341 e. The zero-order valence-electron chi connectivity index (χ0n) is 10.5. The van der Waals surface area contributed by atoms with Crippen molar-refractivity contribution in [2.75, 3.05) is 20.6 Å². The Bertz CT molecular complexity index is 364. The highest BCUT2D eigenvalue weighted by atomic mass is 35.5. The summed E-state index contributed by atoms with van der Waals surface area (Å²) in [6.45, 7) is 3.24. The molecule has 1 rings (SSSR count). The molecule has 17 heavy (non-hydrogen) atoms. The van der Waals surface area contributed by atoms with Crippen LogP contribution in [-0.4, -0.2) is 31.4 Å². The zero-order valence-corrected chi connectivity index (χ0v) is 11.3. The van der Waals surface area contributed by atoms with E-state index in [0.29, 0.717) is 18.1 Å². The molecule has 0 aliphatic carbocycles. The maximum Gasteiger partial charge on any atom is 0.226 e. The first kappa shape index (κ1) is 14.0. The smallest absolute Gasteiger partial charge is 0.226 e. The molecule has 1 aromatic carbocycles. The van der Waals surface area contributed by atoms with Crippen LogP contribution >= 0.6 is 11.6 Å². The summed E-state index contributed by atoms with van der Waals surface area (Å²) in [6, 6.07) is 7.56. The van der Waals surface area contributed by atoms with Gasteiger partial charge in [-0.1, -0.05) is 30.7 Å². The van der Waals surface area contributed by atoms with Crippen LogP contribution in [0.25, 0.3) is 0 Å². The Morgan fingerprint density at radius 1 is 1.41 bits per heavy atom. The standard InChI is InChI=1S/C13H19ClN2O/c1-10(8-15-2)13(17)16(3)9-11-4-6-12(14)7-5-11/h4-7,10,15H,8-9H2,1-3H3. The number of hydrogen-bond acceptors (Lipinski definition) is 2. The highest BCUT2D eigenvalue weighted by molar-refractivity contribution is 6.30. The van der Waals surface area contributed by atoms with Gasteiger partial charge in [0.25, 0.3) is 0 Å². The van der Waals surface area contributed by atoms with Gasteiger partial charge in [0, 0.05) is 31.1 Å². The molecule has 0 aliphatic rings. The fourth-order valence-corrected chi connectivity index (χ4v) is 1.84. The van der Waals surface area contributed by atoms with Crippen molar-refractivity contribution in [3.63, 3.8) is 0 Å². The molecule has 1 amide bonds. The Kier molecular flexibility index (Phi) is 5.45. The molecular formula is C13H19ClN2O. The van der Waals surface area contributed by atoms with Gasteiger partial charge in [-0.2, -0.15) is 0 Å². The van der Waals surface area contributed by atoms with Crippen molar-refractivity contribution in [1.29, 1.82) is 0 Å². The first-order chi connectivity index (χ1) is 8.04. The SMILES string of the molecule is CNCC(C)C(=O)N(C)Cc1ccc(Cl)cc1. The molecule has 0 aliphatic heterocycles. The molecule has 0 bridgehead atoms. The van der Waals surface area contributed by atoms with Crippen molar-refractivity contribution in [2.24, 2.45) is 5.92 Å². The number of carbonyl (C=O) groups is 1. The molecule has 0 saturated carbocycles. The predicted octanol–water partition coefficient (Wildman–Crippen LogP) is 2.15. The average Bonchev–Trinajstić information content (AvgIpc) is 2.31. The molecule has 0 aromatic heterocycles. The van der Waals surface area contributed by atoms with E-state index < -0.39 is 0 Å². The maximum atomic E-state index is 12.0. The molecule has 1 aromatic rings. The lowest BCUT2D eigenvalue weighted by atomic mass is 10.1. The number of halogens is 1. The van der Waals surface area contributed by atoms with Gasteiger partial charge in [-0.15, -0.1) is 0 Å². The van der Waals surface area contributed by atoms with E-state index in [4.69, 9.17) is 11.6 Å². The number of carbonyl (C=O) groups excluding carboxylic acids is 1. The third kappa shape index (κ3) is 4.36. The molecule has 0 saturated heterocycles. The van der Waals surface area contributed by atoms with E-state index in [0.717, 1.165) is 5.56 Å². The van der Waals surface area contributed by atoms with Crippen LogP contribution < -0.4 is 5.32 Å². The molecule has 1 N–H and O–H groups in total. The third-order valence-electron chi connectivity index (χ3n) is 2.64. The van der Waals surface area contributed by atoms with Gasteiger partial charge >= 0.3 is 0 Å². The van der Waals surface area contributed by atoms with Crippen LogP contribution in [0.15, 0.2) is 24.3 Å². The third-order valence-corrected chi connectivity index (χ3v) is 2.89. The summed E-state index contributed by atoms with van der Waals surface area (Å²) in [7, 11) is 3.67. The highest BCUT2D eigenvalue weighted by Crippen LogP contribution is 2.12. The van der Waals surface area contributed by atoms with Crippen LogP contribution in [0.5, 0.6) is 0 Å². The van der Waals surface area contributed by atoms with E-state index in [-0.39, 0.29) is 11.8 Å². The lowest BCUT2D eigenvalue weighted by Gasteiger charge is -2.21. The zero-order chi connectivity index (χ0) is 12.8. The first-order valence-corrected chi connectivity index (χ1v) is 6.06. The normalized spacial score (nSPS) is 12.2. The molecule has 1 atom stereocenters. The van der Waals surface area contributed by atoms with Crippen LogP contribution in [-0.2, 0) is 11.3 Å². The van der Waals surface area contributed by atoms with Gasteiger partial charge in [0.2, 0.25) is 5.91 Å². The molecule has 4 heteroatoms. The number of nitrogens with zero attached hydrogens (tertiary/aromatic N) is 1. The summed E-state index contributed by atoms with van der Waals surface area (Å²) in [4.78, 5) is 13.7. The predicted molar refractivity (Wildman–Crippen MR) is 71.0 cm³/mol.